The van der Waals surface area contributed by atoms with Crippen molar-refractivity contribution in [1.82, 2.24) is 9.71 Å². The number of hydrogen-bond donors (Lipinski definition) is 1. The fourth-order valence-electron chi connectivity index (χ4n) is 1.79. The summed E-state index contributed by atoms with van der Waals surface area (Å²) in [6, 6.07) is 4.59. The van der Waals surface area contributed by atoms with Gasteiger partial charge >= 0.3 is 0 Å². The summed E-state index contributed by atoms with van der Waals surface area (Å²) in [6.07, 6.45) is 7.64. The Morgan fingerprint density at radius 1 is 1.39 bits per heavy atom. The summed E-state index contributed by atoms with van der Waals surface area (Å²) in [5.74, 6) is 0. The van der Waals surface area contributed by atoms with Crippen LogP contribution in [0.25, 0.3) is 0 Å². The van der Waals surface area contributed by atoms with Crippen molar-refractivity contribution in [2.45, 2.75) is 30.2 Å². The molecule has 1 N–H and O–H groups in total. The molecule has 0 radical (unpaired) electrons. The topological polar surface area (TPSA) is 82.8 Å². The van der Waals surface area contributed by atoms with Gasteiger partial charge in [0.1, 0.15) is 16.7 Å². The van der Waals surface area contributed by atoms with Crippen molar-refractivity contribution in [1.29, 1.82) is 5.26 Å². The molecule has 1 unspecified atom stereocenters. The summed E-state index contributed by atoms with van der Waals surface area (Å²) in [7, 11) is -3.54. The molecule has 1 aliphatic rings. The van der Waals surface area contributed by atoms with Crippen LogP contribution in [0.3, 0.4) is 0 Å². The molecule has 94 valence electrons. The molecule has 1 aromatic heterocycles. The van der Waals surface area contributed by atoms with Crippen molar-refractivity contribution in [2.75, 3.05) is 0 Å². The molecule has 0 bridgehead atoms. The molecule has 0 saturated heterocycles. The van der Waals surface area contributed by atoms with Crippen LogP contribution in [0.15, 0.2) is 35.4 Å². The standard InChI is InChI=1S/C12H13N3O2S/c13-8-11-6-7-12(9-14-11)18(16,17)15-10-4-2-1-3-5-10/h1-2,6-7,9-10,15H,3-5H2. The Morgan fingerprint density at radius 2 is 2.22 bits per heavy atom. The zero-order chi connectivity index (χ0) is 13.0. The first kappa shape index (κ1) is 12.7. The first-order valence-corrected chi connectivity index (χ1v) is 7.13. The minimum absolute atomic E-state index is 0.0596. The fourth-order valence-corrected chi connectivity index (χ4v) is 3.02. The van der Waals surface area contributed by atoms with Crippen LogP contribution < -0.4 is 4.72 Å². The molecular weight excluding hydrogens is 250 g/mol. The Hall–Kier alpha value is -1.71. The highest BCUT2D eigenvalue weighted by Crippen LogP contribution is 2.15. The molecule has 18 heavy (non-hydrogen) atoms. The van der Waals surface area contributed by atoms with Crippen molar-refractivity contribution < 1.29 is 8.42 Å². The van der Waals surface area contributed by atoms with Crippen LogP contribution in [0.5, 0.6) is 0 Å². The predicted octanol–water partition coefficient (Wildman–Crippen LogP) is 1.34. The van der Waals surface area contributed by atoms with Gasteiger partial charge in [0, 0.05) is 12.2 Å². The van der Waals surface area contributed by atoms with Gasteiger partial charge in [-0.15, -0.1) is 0 Å². The Bertz CT molecular complexity index is 585. The van der Waals surface area contributed by atoms with Crippen LogP contribution in [0, 0.1) is 11.3 Å². The number of pyridine rings is 1. The van der Waals surface area contributed by atoms with Gasteiger partial charge in [0.05, 0.1) is 0 Å². The Kier molecular flexibility index (Phi) is 3.75. The van der Waals surface area contributed by atoms with Crippen molar-refractivity contribution in [2.24, 2.45) is 0 Å². The second kappa shape index (κ2) is 5.29. The third-order valence-corrected chi connectivity index (χ3v) is 4.26. The Morgan fingerprint density at radius 3 is 2.78 bits per heavy atom. The summed E-state index contributed by atoms with van der Waals surface area (Å²) in [5, 5.41) is 8.61. The van der Waals surface area contributed by atoms with Gasteiger partial charge < -0.3 is 0 Å². The van der Waals surface area contributed by atoms with E-state index in [1.54, 1.807) is 0 Å². The van der Waals surface area contributed by atoms with E-state index in [0.29, 0.717) is 6.42 Å². The Labute approximate surface area is 106 Å². The molecule has 0 fully saturated rings. The van der Waals surface area contributed by atoms with Gasteiger partial charge in [0.2, 0.25) is 10.0 Å². The van der Waals surface area contributed by atoms with Gasteiger partial charge in [-0.2, -0.15) is 5.26 Å². The molecule has 5 nitrogen and oxygen atoms in total. The smallest absolute Gasteiger partial charge is 0.242 e. The number of rotatable bonds is 3. The highest BCUT2D eigenvalue weighted by Gasteiger charge is 2.20. The number of nitrogens with one attached hydrogen (secondary N) is 1. The summed E-state index contributed by atoms with van der Waals surface area (Å²) < 4.78 is 26.7. The highest BCUT2D eigenvalue weighted by atomic mass is 32.2. The van der Waals surface area contributed by atoms with Crippen molar-refractivity contribution >= 4 is 10.0 Å². The third-order valence-electron chi connectivity index (χ3n) is 2.75. The first-order valence-electron chi connectivity index (χ1n) is 5.65. The van der Waals surface area contributed by atoms with Crippen LogP contribution in [-0.2, 0) is 10.0 Å². The monoisotopic (exact) mass is 263 g/mol. The van der Waals surface area contributed by atoms with E-state index in [4.69, 9.17) is 5.26 Å². The van der Waals surface area contributed by atoms with E-state index in [1.807, 2.05) is 18.2 Å². The first-order chi connectivity index (χ1) is 8.62. The minimum Gasteiger partial charge on any atom is -0.244 e. The molecule has 6 heteroatoms. The maximum Gasteiger partial charge on any atom is 0.242 e. The summed E-state index contributed by atoms with van der Waals surface area (Å²) in [4.78, 5) is 3.86. The largest absolute Gasteiger partial charge is 0.244 e. The van der Waals surface area contributed by atoms with Gasteiger partial charge in [-0.3, -0.25) is 0 Å². The average Bonchev–Trinajstić information content (AvgIpc) is 2.39. The van der Waals surface area contributed by atoms with Gasteiger partial charge in [-0.25, -0.2) is 18.1 Å². The molecule has 1 atom stereocenters. The van der Waals surface area contributed by atoms with Crippen LogP contribution in [0.4, 0.5) is 0 Å². The Balaban J connectivity index is 2.14. The molecule has 1 aliphatic carbocycles. The van der Waals surface area contributed by atoms with Crippen LogP contribution >= 0.6 is 0 Å². The SMILES string of the molecule is N#Cc1ccc(S(=O)(=O)NC2CC=CCC2)cn1. The molecule has 0 saturated carbocycles. The van der Waals surface area contributed by atoms with E-state index < -0.39 is 10.0 Å². The molecule has 1 heterocycles. The predicted molar refractivity (Wildman–Crippen MR) is 66.1 cm³/mol. The molecule has 2 rings (SSSR count). The number of nitriles is 1. The zero-order valence-electron chi connectivity index (χ0n) is 9.70. The second-order valence-electron chi connectivity index (χ2n) is 4.09. The molecular formula is C12H13N3O2S. The lowest BCUT2D eigenvalue weighted by Crippen LogP contribution is -2.35. The third kappa shape index (κ3) is 2.94. The summed E-state index contributed by atoms with van der Waals surface area (Å²) >= 11 is 0. The highest BCUT2D eigenvalue weighted by molar-refractivity contribution is 7.89. The molecule has 0 spiro atoms. The van der Waals surface area contributed by atoms with Gasteiger partial charge in [-0.1, -0.05) is 12.2 Å². The lowest BCUT2D eigenvalue weighted by molar-refractivity contribution is 0.522. The molecule has 0 amide bonds. The quantitative estimate of drug-likeness (QED) is 0.834. The van der Waals surface area contributed by atoms with Crippen LogP contribution in [-0.4, -0.2) is 19.4 Å². The van der Waals surface area contributed by atoms with Gasteiger partial charge in [0.15, 0.2) is 0 Å². The average molecular weight is 263 g/mol. The lowest BCUT2D eigenvalue weighted by atomic mass is 10.0. The van der Waals surface area contributed by atoms with E-state index in [9.17, 15) is 8.42 Å². The van der Waals surface area contributed by atoms with E-state index >= 15 is 0 Å². The summed E-state index contributed by atoms with van der Waals surface area (Å²) in [6.45, 7) is 0. The number of allylic oxidation sites excluding steroid dienone is 1. The van der Waals surface area contributed by atoms with Crippen LogP contribution in [0.2, 0.25) is 0 Å². The van der Waals surface area contributed by atoms with Gasteiger partial charge in [-0.05, 0) is 31.4 Å². The summed E-state index contributed by atoms with van der Waals surface area (Å²) in [5.41, 5.74) is 0.203. The van der Waals surface area contributed by atoms with E-state index in [2.05, 4.69) is 9.71 Å². The maximum absolute atomic E-state index is 12.0. The van der Waals surface area contributed by atoms with Crippen molar-refractivity contribution in [3.05, 3.63) is 36.2 Å². The van der Waals surface area contributed by atoms with E-state index in [1.165, 1.54) is 18.3 Å². The fraction of sp³-hybridized carbons (Fsp3) is 0.333. The number of nitrogens with zero attached hydrogens (tertiary/aromatic N) is 2. The number of aromatic nitrogens is 1. The molecule has 0 aliphatic heterocycles. The number of sulfonamides is 1. The van der Waals surface area contributed by atoms with E-state index in [-0.39, 0.29) is 16.6 Å². The molecule has 1 aromatic rings. The zero-order valence-corrected chi connectivity index (χ0v) is 10.5. The van der Waals surface area contributed by atoms with Crippen molar-refractivity contribution in [3.8, 4) is 6.07 Å². The van der Waals surface area contributed by atoms with Crippen LogP contribution in [0.1, 0.15) is 25.0 Å². The maximum atomic E-state index is 12.0. The van der Waals surface area contributed by atoms with Gasteiger partial charge in [0.25, 0.3) is 0 Å². The van der Waals surface area contributed by atoms with Crippen molar-refractivity contribution in [3.63, 3.8) is 0 Å². The minimum atomic E-state index is -3.54. The normalized spacial score (nSPS) is 19.4. The second-order valence-corrected chi connectivity index (χ2v) is 5.81. The van der Waals surface area contributed by atoms with E-state index in [0.717, 1.165) is 12.8 Å². The lowest BCUT2D eigenvalue weighted by Gasteiger charge is -2.19. The molecule has 0 aromatic carbocycles. The number of hydrogen-bond acceptors (Lipinski definition) is 4.